The molecule has 6 heteroatoms. The van der Waals surface area contributed by atoms with Crippen LogP contribution in [-0.4, -0.2) is 23.6 Å². The maximum Gasteiger partial charge on any atom is 0.224 e. The SMILES string of the molecule is CCNc1ncc(F)c(N(C)C(C)c2ccccc2F)n1. The fraction of sp³-hybridized carbons (Fsp3) is 0.333. The number of halogens is 2. The van der Waals surface area contributed by atoms with E-state index < -0.39 is 5.82 Å². The molecule has 0 aliphatic rings. The summed E-state index contributed by atoms with van der Waals surface area (Å²) in [5.41, 5.74) is 0.489. The molecular formula is C15H18F2N4. The van der Waals surface area contributed by atoms with Gasteiger partial charge in [0, 0.05) is 19.2 Å². The molecule has 1 atom stereocenters. The number of benzene rings is 1. The van der Waals surface area contributed by atoms with E-state index in [2.05, 4.69) is 15.3 Å². The first kappa shape index (κ1) is 15.2. The monoisotopic (exact) mass is 292 g/mol. The normalized spacial score (nSPS) is 12.0. The molecule has 1 aromatic heterocycles. The van der Waals surface area contributed by atoms with Crippen molar-refractivity contribution in [1.82, 2.24) is 9.97 Å². The highest BCUT2D eigenvalue weighted by Crippen LogP contribution is 2.27. The number of hydrogen-bond acceptors (Lipinski definition) is 4. The number of rotatable bonds is 5. The van der Waals surface area contributed by atoms with Crippen molar-refractivity contribution in [2.24, 2.45) is 0 Å². The quantitative estimate of drug-likeness (QED) is 0.917. The predicted molar refractivity (Wildman–Crippen MR) is 79.4 cm³/mol. The van der Waals surface area contributed by atoms with Gasteiger partial charge in [-0.2, -0.15) is 4.98 Å². The minimum absolute atomic E-state index is 0.136. The molecule has 0 aliphatic heterocycles. The van der Waals surface area contributed by atoms with E-state index in [4.69, 9.17) is 0 Å². The molecule has 2 rings (SSSR count). The summed E-state index contributed by atoms with van der Waals surface area (Å²) in [6.07, 6.45) is 1.12. The highest BCUT2D eigenvalue weighted by Gasteiger charge is 2.20. The third kappa shape index (κ3) is 3.26. The van der Waals surface area contributed by atoms with Gasteiger partial charge >= 0.3 is 0 Å². The summed E-state index contributed by atoms with van der Waals surface area (Å²) < 4.78 is 27.8. The van der Waals surface area contributed by atoms with Crippen molar-refractivity contribution in [2.45, 2.75) is 19.9 Å². The number of nitrogens with one attached hydrogen (secondary N) is 1. The van der Waals surface area contributed by atoms with E-state index in [1.807, 2.05) is 6.92 Å². The van der Waals surface area contributed by atoms with Gasteiger partial charge in [0.05, 0.1) is 12.2 Å². The van der Waals surface area contributed by atoms with Crippen LogP contribution in [0.5, 0.6) is 0 Å². The summed E-state index contributed by atoms with van der Waals surface area (Å²) in [5, 5.41) is 2.93. The van der Waals surface area contributed by atoms with Crippen LogP contribution >= 0.6 is 0 Å². The van der Waals surface area contributed by atoms with Gasteiger partial charge in [-0.25, -0.2) is 13.8 Å². The zero-order chi connectivity index (χ0) is 15.4. The number of nitrogens with zero attached hydrogens (tertiary/aromatic N) is 3. The van der Waals surface area contributed by atoms with Gasteiger partial charge in [0.15, 0.2) is 11.6 Å². The van der Waals surface area contributed by atoms with E-state index in [1.165, 1.54) is 6.07 Å². The minimum Gasteiger partial charge on any atom is -0.354 e. The Morgan fingerprint density at radius 3 is 2.62 bits per heavy atom. The second-order valence-corrected chi connectivity index (χ2v) is 4.70. The van der Waals surface area contributed by atoms with Gasteiger partial charge < -0.3 is 10.2 Å². The molecule has 0 saturated heterocycles. The maximum atomic E-state index is 13.9. The Bertz CT molecular complexity index is 618. The topological polar surface area (TPSA) is 41.1 Å². The molecule has 0 saturated carbocycles. The fourth-order valence-electron chi connectivity index (χ4n) is 2.05. The average molecular weight is 292 g/mol. The Morgan fingerprint density at radius 2 is 1.95 bits per heavy atom. The van der Waals surface area contributed by atoms with Gasteiger partial charge in [-0.05, 0) is 19.9 Å². The zero-order valence-electron chi connectivity index (χ0n) is 12.3. The van der Waals surface area contributed by atoms with E-state index in [9.17, 15) is 8.78 Å². The Labute approximate surface area is 122 Å². The molecule has 1 aromatic carbocycles. The lowest BCUT2D eigenvalue weighted by Crippen LogP contribution is -2.25. The fourth-order valence-corrected chi connectivity index (χ4v) is 2.05. The van der Waals surface area contributed by atoms with Crippen LogP contribution < -0.4 is 10.2 Å². The highest BCUT2D eigenvalue weighted by atomic mass is 19.1. The lowest BCUT2D eigenvalue weighted by atomic mass is 10.1. The van der Waals surface area contributed by atoms with Gasteiger partial charge in [0.25, 0.3) is 0 Å². The summed E-state index contributed by atoms with van der Waals surface area (Å²) >= 11 is 0. The predicted octanol–water partition coefficient (Wildman–Crippen LogP) is 3.38. The van der Waals surface area contributed by atoms with Crippen molar-refractivity contribution in [1.29, 1.82) is 0 Å². The van der Waals surface area contributed by atoms with E-state index in [1.54, 1.807) is 37.1 Å². The Morgan fingerprint density at radius 1 is 1.24 bits per heavy atom. The number of anilines is 2. The van der Waals surface area contributed by atoms with Crippen molar-refractivity contribution in [2.75, 3.05) is 23.8 Å². The number of hydrogen-bond donors (Lipinski definition) is 1. The molecule has 0 spiro atoms. The van der Waals surface area contributed by atoms with Crippen LogP contribution in [0.15, 0.2) is 30.5 Å². The molecule has 21 heavy (non-hydrogen) atoms. The lowest BCUT2D eigenvalue weighted by Gasteiger charge is -2.27. The van der Waals surface area contributed by atoms with E-state index in [0.717, 1.165) is 6.20 Å². The average Bonchev–Trinajstić information content (AvgIpc) is 2.48. The zero-order valence-corrected chi connectivity index (χ0v) is 12.3. The lowest BCUT2D eigenvalue weighted by molar-refractivity contribution is 0.568. The van der Waals surface area contributed by atoms with Gasteiger partial charge in [-0.3, -0.25) is 0 Å². The summed E-state index contributed by atoms with van der Waals surface area (Å²) in [7, 11) is 1.68. The molecule has 112 valence electrons. The van der Waals surface area contributed by atoms with Crippen molar-refractivity contribution >= 4 is 11.8 Å². The first-order chi connectivity index (χ1) is 10.0. The van der Waals surface area contributed by atoms with E-state index >= 15 is 0 Å². The summed E-state index contributed by atoms with van der Waals surface area (Å²) in [4.78, 5) is 9.60. The van der Waals surface area contributed by atoms with Gasteiger partial charge in [0.2, 0.25) is 5.95 Å². The standard InChI is InChI=1S/C15H18F2N4/c1-4-18-15-19-9-13(17)14(20-15)21(3)10(2)11-7-5-6-8-12(11)16/h5-10H,4H2,1-3H3,(H,18,19,20). The van der Waals surface area contributed by atoms with Crippen molar-refractivity contribution < 1.29 is 8.78 Å². The molecule has 0 aliphatic carbocycles. The molecule has 1 N–H and O–H groups in total. The maximum absolute atomic E-state index is 13.9. The van der Waals surface area contributed by atoms with Crippen LogP contribution in [0.25, 0.3) is 0 Å². The number of aromatic nitrogens is 2. The highest BCUT2D eigenvalue weighted by molar-refractivity contribution is 5.45. The first-order valence-electron chi connectivity index (χ1n) is 6.78. The van der Waals surface area contributed by atoms with Gasteiger partial charge in [0.1, 0.15) is 5.82 Å². The minimum atomic E-state index is -0.539. The second kappa shape index (κ2) is 6.47. The second-order valence-electron chi connectivity index (χ2n) is 4.70. The third-order valence-corrected chi connectivity index (χ3v) is 3.33. The molecule has 2 aromatic rings. The summed E-state index contributed by atoms with van der Waals surface area (Å²) in [5.74, 6) is -0.376. The Balaban J connectivity index is 2.33. The summed E-state index contributed by atoms with van der Waals surface area (Å²) in [6.45, 7) is 4.34. The van der Waals surface area contributed by atoms with Crippen LogP contribution in [0.3, 0.4) is 0 Å². The third-order valence-electron chi connectivity index (χ3n) is 3.33. The van der Waals surface area contributed by atoms with Gasteiger partial charge in [-0.1, -0.05) is 18.2 Å². The van der Waals surface area contributed by atoms with Crippen molar-refractivity contribution in [3.05, 3.63) is 47.7 Å². The molecule has 0 amide bonds. The van der Waals surface area contributed by atoms with Crippen molar-refractivity contribution in [3.63, 3.8) is 0 Å². The smallest absolute Gasteiger partial charge is 0.224 e. The van der Waals surface area contributed by atoms with Gasteiger partial charge in [-0.15, -0.1) is 0 Å². The van der Waals surface area contributed by atoms with Crippen LogP contribution in [0.2, 0.25) is 0 Å². The Hall–Kier alpha value is -2.24. The largest absolute Gasteiger partial charge is 0.354 e. The molecule has 0 bridgehead atoms. The Kier molecular flexibility index (Phi) is 4.67. The molecule has 1 heterocycles. The molecule has 1 unspecified atom stereocenters. The molecule has 0 fully saturated rings. The van der Waals surface area contributed by atoms with Crippen LogP contribution in [0, 0.1) is 11.6 Å². The first-order valence-corrected chi connectivity index (χ1v) is 6.78. The van der Waals surface area contributed by atoms with E-state index in [0.29, 0.717) is 18.1 Å². The summed E-state index contributed by atoms with van der Waals surface area (Å²) in [6, 6.07) is 6.09. The van der Waals surface area contributed by atoms with Crippen molar-refractivity contribution in [3.8, 4) is 0 Å². The van der Waals surface area contributed by atoms with E-state index in [-0.39, 0.29) is 17.7 Å². The molecule has 4 nitrogen and oxygen atoms in total. The van der Waals surface area contributed by atoms with Crippen LogP contribution in [0.1, 0.15) is 25.5 Å². The molecular weight excluding hydrogens is 274 g/mol. The van der Waals surface area contributed by atoms with Crippen LogP contribution in [0.4, 0.5) is 20.5 Å². The van der Waals surface area contributed by atoms with Crippen LogP contribution in [-0.2, 0) is 0 Å². The molecule has 0 radical (unpaired) electrons.